The van der Waals surface area contributed by atoms with Crippen molar-refractivity contribution in [1.29, 1.82) is 0 Å². The molecule has 1 saturated heterocycles. The van der Waals surface area contributed by atoms with Gasteiger partial charge < -0.3 is 14.4 Å². The SMILES string of the molecule is COC(=O)C1CN(c2cnc3ccccc3n2)CCO1. The Balaban J connectivity index is 1.84. The van der Waals surface area contributed by atoms with Gasteiger partial charge in [-0.2, -0.15) is 0 Å². The number of benzene rings is 1. The van der Waals surface area contributed by atoms with Gasteiger partial charge in [-0.05, 0) is 12.1 Å². The minimum absolute atomic E-state index is 0.358. The van der Waals surface area contributed by atoms with Crippen molar-refractivity contribution in [3.05, 3.63) is 30.5 Å². The van der Waals surface area contributed by atoms with Gasteiger partial charge in [-0.15, -0.1) is 0 Å². The second kappa shape index (κ2) is 5.42. The molecule has 1 aromatic carbocycles. The summed E-state index contributed by atoms with van der Waals surface area (Å²) in [6.45, 7) is 1.58. The van der Waals surface area contributed by atoms with Gasteiger partial charge in [-0.1, -0.05) is 12.1 Å². The van der Waals surface area contributed by atoms with Crippen LogP contribution in [-0.2, 0) is 14.3 Å². The van der Waals surface area contributed by atoms with Crippen molar-refractivity contribution in [2.75, 3.05) is 31.7 Å². The highest BCUT2D eigenvalue weighted by Gasteiger charge is 2.28. The van der Waals surface area contributed by atoms with Crippen LogP contribution in [-0.4, -0.2) is 48.8 Å². The largest absolute Gasteiger partial charge is 0.467 e. The maximum atomic E-state index is 11.5. The Labute approximate surface area is 116 Å². The monoisotopic (exact) mass is 273 g/mol. The third kappa shape index (κ3) is 2.42. The minimum Gasteiger partial charge on any atom is -0.467 e. The number of carbonyl (C=O) groups is 1. The maximum absolute atomic E-state index is 11.5. The molecule has 20 heavy (non-hydrogen) atoms. The van der Waals surface area contributed by atoms with Crippen molar-refractivity contribution in [2.24, 2.45) is 0 Å². The highest BCUT2D eigenvalue weighted by Crippen LogP contribution is 2.18. The lowest BCUT2D eigenvalue weighted by atomic mass is 10.2. The summed E-state index contributed by atoms with van der Waals surface area (Å²) in [4.78, 5) is 22.5. The topological polar surface area (TPSA) is 64.5 Å². The van der Waals surface area contributed by atoms with Crippen molar-refractivity contribution in [3.63, 3.8) is 0 Å². The van der Waals surface area contributed by atoms with Gasteiger partial charge in [0.25, 0.3) is 0 Å². The first-order valence-electron chi connectivity index (χ1n) is 6.44. The third-order valence-corrected chi connectivity index (χ3v) is 3.29. The Kier molecular flexibility index (Phi) is 3.47. The molecule has 3 rings (SSSR count). The van der Waals surface area contributed by atoms with E-state index >= 15 is 0 Å². The predicted octanol–water partition coefficient (Wildman–Crippen LogP) is 1.01. The first-order valence-corrected chi connectivity index (χ1v) is 6.44. The predicted molar refractivity (Wildman–Crippen MR) is 73.5 cm³/mol. The van der Waals surface area contributed by atoms with Crippen LogP contribution in [0, 0.1) is 0 Å². The van der Waals surface area contributed by atoms with E-state index in [4.69, 9.17) is 9.47 Å². The molecular formula is C14H15N3O3. The Morgan fingerprint density at radius 2 is 2.20 bits per heavy atom. The van der Waals surface area contributed by atoms with E-state index in [1.807, 2.05) is 29.2 Å². The number of morpholine rings is 1. The van der Waals surface area contributed by atoms with Crippen molar-refractivity contribution in [3.8, 4) is 0 Å². The molecule has 2 aromatic rings. The Hall–Kier alpha value is -2.21. The highest BCUT2D eigenvalue weighted by atomic mass is 16.6. The van der Waals surface area contributed by atoms with Crippen molar-refractivity contribution in [1.82, 2.24) is 9.97 Å². The lowest BCUT2D eigenvalue weighted by Gasteiger charge is -2.32. The number of aromatic nitrogens is 2. The van der Waals surface area contributed by atoms with Gasteiger partial charge >= 0.3 is 5.97 Å². The number of hydrogen-bond donors (Lipinski definition) is 0. The number of nitrogens with zero attached hydrogens (tertiary/aromatic N) is 3. The van der Waals surface area contributed by atoms with E-state index in [1.54, 1.807) is 6.20 Å². The Morgan fingerprint density at radius 1 is 1.40 bits per heavy atom. The molecule has 1 atom stereocenters. The summed E-state index contributed by atoms with van der Waals surface area (Å²) in [5, 5.41) is 0. The molecule has 1 aromatic heterocycles. The van der Waals surface area contributed by atoms with Crippen molar-refractivity contribution in [2.45, 2.75) is 6.10 Å². The molecule has 1 aliphatic rings. The van der Waals surface area contributed by atoms with Gasteiger partial charge in [0.05, 0.1) is 37.5 Å². The Bertz CT molecular complexity index is 632. The van der Waals surface area contributed by atoms with Gasteiger partial charge in [-0.3, -0.25) is 4.98 Å². The molecule has 104 valence electrons. The van der Waals surface area contributed by atoms with Gasteiger partial charge in [0.15, 0.2) is 6.10 Å². The van der Waals surface area contributed by atoms with Crippen LogP contribution in [0.1, 0.15) is 0 Å². The molecule has 0 bridgehead atoms. The summed E-state index contributed by atoms with van der Waals surface area (Å²) in [5.74, 6) is 0.393. The summed E-state index contributed by atoms with van der Waals surface area (Å²) >= 11 is 0. The molecule has 0 aliphatic carbocycles. The van der Waals surface area contributed by atoms with Crippen LogP contribution in [0.5, 0.6) is 0 Å². The van der Waals surface area contributed by atoms with E-state index in [1.165, 1.54) is 7.11 Å². The van der Waals surface area contributed by atoms with Crippen LogP contribution in [0.3, 0.4) is 0 Å². The van der Waals surface area contributed by atoms with E-state index < -0.39 is 6.10 Å². The molecule has 6 heteroatoms. The number of anilines is 1. The lowest BCUT2D eigenvalue weighted by Crippen LogP contribution is -2.46. The molecule has 2 heterocycles. The molecule has 0 spiro atoms. The molecular weight excluding hydrogens is 258 g/mol. The van der Waals surface area contributed by atoms with Gasteiger partial charge in [0, 0.05) is 6.54 Å². The number of esters is 1. The third-order valence-electron chi connectivity index (χ3n) is 3.29. The first-order chi connectivity index (χ1) is 9.78. The molecule has 6 nitrogen and oxygen atoms in total. The zero-order valence-electron chi connectivity index (χ0n) is 11.2. The van der Waals surface area contributed by atoms with E-state index in [2.05, 4.69) is 9.97 Å². The normalized spacial score (nSPS) is 19.1. The summed E-state index contributed by atoms with van der Waals surface area (Å²) < 4.78 is 10.1. The maximum Gasteiger partial charge on any atom is 0.336 e. The molecule has 1 unspecified atom stereocenters. The molecule has 0 saturated carbocycles. The van der Waals surface area contributed by atoms with Crippen molar-refractivity contribution >= 4 is 22.8 Å². The van der Waals surface area contributed by atoms with Crippen LogP contribution in [0.25, 0.3) is 11.0 Å². The average molecular weight is 273 g/mol. The van der Waals surface area contributed by atoms with Crippen molar-refractivity contribution < 1.29 is 14.3 Å². The summed E-state index contributed by atoms with van der Waals surface area (Å²) in [6.07, 6.45) is 1.16. The van der Waals surface area contributed by atoms with Crippen LogP contribution in [0.4, 0.5) is 5.82 Å². The van der Waals surface area contributed by atoms with Crippen LogP contribution < -0.4 is 4.90 Å². The smallest absolute Gasteiger partial charge is 0.336 e. The van der Waals surface area contributed by atoms with Crippen LogP contribution in [0.2, 0.25) is 0 Å². The number of rotatable bonds is 2. The number of para-hydroxylation sites is 2. The molecule has 1 fully saturated rings. The lowest BCUT2D eigenvalue weighted by molar-refractivity contribution is -0.154. The molecule has 0 radical (unpaired) electrons. The van der Waals surface area contributed by atoms with E-state index in [0.29, 0.717) is 19.7 Å². The number of fused-ring (bicyclic) bond motifs is 1. The fourth-order valence-corrected chi connectivity index (χ4v) is 2.23. The standard InChI is InChI=1S/C14H15N3O3/c1-19-14(18)12-9-17(6-7-20-12)13-8-15-10-4-2-3-5-11(10)16-13/h2-5,8,12H,6-7,9H2,1H3. The van der Waals surface area contributed by atoms with Gasteiger partial charge in [0.2, 0.25) is 0 Å². The van der Waals surface area contributed by atoms with Gasteiger partial charge in [-0.25, -0.2) is 9.78 Å². The quantitative estimate of drug-likeness (QED) is 0.761. The first kappa shape index (κ1) is 12.8. The fraction of sp³-hybridized carbons (Fsp3) is 0.357. The molecule has 0 N–H and O–H groups in total. The molecule has 0 amide bonds. The van der Waals surface area contributed by atoms with E-state index in [0.717, 1.165) is 16.9 Å². The summed E-state index contributed by atoms with van der Waals surface area (Å²) in [5.41, 5.74) is 1.69. The highest BCUT2D eigenvalue weighted by molar-refractivity contribution is 5.77. The second-order valence-electron chi connectivity index (χ2n) is 4.55. The van der Waals surface area contributed by atoms with Gasteiger partial charge in [0.1, 0.15) is 5.82 Å². The van der Waals surface area contributed by atoms with E-state index in [9.17, 15) is 4.79 Å². The number of methoxy groups -OCH3 is 1. The van der Waals surface area contributed by atoms with Crippen LogP contribution >= 0.6 is 0 Å². The summed E-state index contributed by atoms with van der Waals surface area (Å²) in [6, 6.07) is 7.70. The second-order valence-corrected chi connectivity index (χ2v) is 4.55. The average Bonchev–Trinajstić information content (AvgIpc) is 2.53. The molecule has 1 aliphatic heterocycles. The fourth-order valence-electron chi connectivity index (χ4n) is 2.23. The number of hydrogen-bond acceptors (Lipinski definition) is 6. The summed E-state index contributed by atoms with van der Waals surface area (Å²) in [7, 11) is 1.36. The van der Waals surface area contributed by atoms with E-state index in [-0.39, 0.29) is 5.97 Å². The Morgan fingerprint density at radius 3 is 3.00 bits per heavy atom. The number of carbonyl (C=O) groups excluding carboxylic acids is 1. The zero-order chi connectivity index (χ0) is 13.9. The number of ether oxygens (including phenoxy) is 2. The minimum atomic E-state index is -0.568. The zero-order valence-corrected chi connectivity index (χ0v) is 11.2. The van der Waals surface area contributed by atoms with Crippen LogP contribution in [0.15, 0.2) is 30.5 Å².